The lowest BCUT2D eigenvalue weighted by atomic mass is 10.1. The van der Waals surface area contributed by atoms with E-state index in [1.807, 2.05) is 65.2 Å². The Balaban J connectivity index is 1.56. The number of aromatic nitrogens is 1. The molecule has 6 nitrogen and oxygen atoms in total. The average molecular weight is 470 g/mol. The number of methoxy groups -OCH3 is 1. The van der Waals surface area contributed by atoms with Crippen molar-refractivity contribution < 1.29 is 14.3 Å². The van der Waals surface area contributed by atoms with Crippen LogP contribution in [0, 0.1) is 6.92 Å². The van der Waals surface area contributed by atoms with Gasteiger partial charge in [-0.25, -0.2) is 0 Å². The van der Waals surface area contributed by atoms with Crippen molar-refractivity contribution in [2.75, 3.05) is 25.6 Å². The molecule has 1 heterocycles. The Morgan fingerprint density at radius 1 is 0.914 bits per heavy atom. The SMILES string of the molecule is COCCNC(=O)c1cc2cc(NC(=O)CCc3ccccc3)ccc2n1Cc1cccc(C)c1. The Bertz CT molecular complexity index is 1310. The number of hydrogen-bond donors (Lipinski definition) is 2. The second kappa shape index (κ2) is 11.5. The molecule has 4 rings (SSSR count). The first-order valence-electron chi connectivity index (χ1n) is 11.8. The minimum atomic E-state index is -0.153. The first kappa shape index (κ1) is 24.2. The zero-order valence-electron chi connectivity index (χ0n) is 20.2. The molecule has 180 valence electrons. The molecule has 0 atom stereocenters. The predicted molar refractivity (Wildman–Crippen MR) is 140 cm³/mol. The van der Waals surface area contributed by atoms with Crippen LogP contribution in [0.25, 0.3) is 10.9 Å². The molecule has 0 radical (unpaired) electrons. The number of nitrogens with zero attached hydrogens (tertiary/aromatic N) is 1. The van der Waals surface area contributed by atoms with Crippen LogP contribution in [0.4, 0.5) is 5.69 Å². The number of aryl methyl sites for hydroxylation is 2. The quantitative estimate of drug-likeness (QED) is 0.323. The van der Waals surface area contributed by atoms with Gasteiger partial charge in [0.15, 0.2) is 0 Å². The third kappa shape index (κ3) is 6.37. The van der Waals surface area contributed by atoms with Crippen LogP contribution in [-0.4, -0.2) is 36.6 Å². The molecule has 0 spiro atoms. The molecule has 3 aromatic carbocycles. The number of fused-ring (bicyclic) bond motifs is 1. The van der Waals surface area contributed by atoms with Crippen LogP contribution in [0.5, 0.6) is 0 Å². The molecule has 1 aromatic heterocycles. The molecule has 4 aromatic rings. The van der Waals surface area contributed by atoms with Crippen LogP contribution >= 0.6 is 0 Å². The Morgan fingerprint density at radius 3 is 2.49 bits per heavy atom. The fourth-order valence-electron chi connectivity index (χ4n) is 4.18. The highest BCUT2D eigenvalue weighted by molar-refractivity contribution is 6.00. The summed E-state index contributed by atoms with van der Waals surface area (Å²) in [6.45, 7) is 3.51. The van der Waals surface area contributed by atoms with Gasteiger partial charge < -0.3 is 19.9 Å². The molecule has 0 aliphatic rings. The maximum Gasteiger partial charge on any atom is 0.268 e. The lowest BCUT2D eigenvalue weighted by Crippen LogP contribution is -2.29. The smallest absolute Gasteiger partial charge is 0.268 e. The number of carbonyl (C=O) groups excluding carboxylic acids is 2. The Morgan fingerprint density at radius 2 is 1.71 bits per heavy atom. The second-order valence-electron chi connectivity index (χ2n) is 8.66. The van der Waals surface area contributed by atoms with Crippen LogP contribution in [0.2, 0.25) is 0 Å². The Kier molecular flexibility index (Phi) is 7.95. The lowest BCUT2D eigenvalue weighted by molar-refractivity contribution is -0.116. The number of carbonyl (C=O) groups is 2. The molecule has 0 bridgehead atoms. The third-order valence-corrected chi connectivity index (χ3v) is 5.92. The van der Waals surface area contributed by atoms with Gasteiger partial charge in [-0.15, -0.1) is 0 Å². The predicted octanol–water partition coefficient (Wildman–Crippen LogP) is 4.95. The van der Waals surface area contributed by atoms with E-state index in [4.69, 9.17) is 4.74 Å². The summed E-state index contributed by atoms with van der Waals surface area (Å²) in [6, 6.07) is 25.9. The van der Waals surface area contributed by atoms with Crippen LogP contribution in [-0.2, 0) is 22.5 Å². The van der Waals surface area contributed by atoms with E-state index in [9.17, 15) is 9.59 Å². The molecule has 0 unspecified atom stereocenters. The average Bonchev–Trinajstić information content (AvgIpc) is 3.21. The molecule has 2 amide bonds. The van der Waals surface area contributed by atoms with Gasteiger partial charge in [-0.05, 0) is 48.7 Å². The van der Waals surface area contributed by atoms with Crippen molar-refractivity contribution in [2.24, 2.45) is 0 Å². The summed E-state index contributed by atoms with van der Waals surface area (Å²) in [7, 11) is 1.61. The molecule has 0 fully saturated rings. The fraction of sp³-hybridized carbons (Fsp3) is 0.241. The molecule has 2 N–H and O–H groups in total. The number of hydrogen-bond acceptors (Lipinski definition) is 3. The lowest BCUT2D eigenvalue weighted by Gasteiger charge is -2.12. The van der Waals surface area contributed by atoms with Crippen LogP contribution in [0.1, 0.15) is 33.6 Å². The van der Waals surface area contributed by atoms with Crippen molar-refractivity contribution in [1.29, 1.82) is 0 Å². The summed E-state index contributed by atoms with van der Waals surface area (Å²) >= 11 is 0. The normalized spacial score (nSPS) is 10.9. The highest BCUT2D eigenvalue weighted by atomic mass is 16.5. The van der Waals surface area contributed by atoms with Crippen molar-refractivity contribution >= 4 is 28.4 Å². The molecule has 0 aliphatic heterocycles. The van der Waals surface area contributed by atoms with E-state index in [2.05, 4.69) is 35.8 Å². The van der Waals surface area contributed by atoms with Crippen molar-refractivity contribution in [1.82, 2.24) is 9.88 Å². The van der Waals surface area contributed by atoms with Gasteiger partial charge in [0, 0.05) is 43.2 Å². The number of ether oxygens (including phenoxy) is 1. The zero-order chi connectivity index (χ0) is 24.6. The summed E-state index contributed by atoms with van der Waals surface area (Å²) < 4.78 is 7.09. The van der Waals surface area contributed by atoms with Crippen molar-refractivity contribution in [3.8, 4) is 0 Å². The van der Waals surface area contributed by atoms with Crippen molar-refractivity contribution in [3.05, 3.63) is 101 Å². The van der Waals surface area contributed by atoms with Crippen LogP contribution in [0.15, 0.2) is 78.9 Å². The summed E-state index contributed by atoms with van der Waals surface area (Å²) in [6.07, 6.45) is 1.09. The number of anilines is 1. The van der Waals surface area contributed by atoms with Gasteiger partial charge in [0.25, 0.3) is 5.91 Å². The maximum atomic E-state index is 13.0. The van der Waals surface area contributed by atoms with E-state index < -0.39 is 0 Å². The summed E-state index contributed by atoms with van der Waals surface area (Å²) in [5.74, 6) is -0.190. The van der Waals surface area contributed by atoms with Crippen molar-refractivity contribution in [3.63, 3.8) is 0 Å². The fourth-order valence-corrected chi connectivity index (χ4v) is 4.18. The first-order valence-corrected chi connectivity index (χ1v) is 11.8. The highest BCUT2D eigenvalue weighted by Crippen LogP contribution is 2.25. The molecule has 0 saturated heterocycles. The number of rotatable bonds is 10. The molecule has 35 heavy (non-hydrogen) atoms. The van der Waals surface area contributed by atoms with E-state index in [0.29, 0.717) is 38.2 Å². The maximum absolute atomic E-state index is 13.0. The van der Waals surface area contributed by atoms with Gasteiger partial charge in [-0.2, -0.15) is 0 Å². The first-order chi connectivity index (χ1) is 17.0. The standard InChI is InChI=1S/C29H31N3O3/c1-21-7-6-10-23(17-21)20-32-26-13-12-25(31-28(33)14-11-22-8-4-3-5-9-22)18-24(26)19-27(32)29(34)30-15-16-35-2/h3-10,12-13,17-19H,11,14-16,20H2,1-2H3,(H,30,34)(H,31,33). The molecular weight excluding hydrogens is 438 g/mol. The van der Waals surface area contributed by atoms with E-state index in [0.717, 1.165) is 27.7 Å². The molecule has 0 saturated carbocycles. The van der Waals surface area contributed by atoms with Crippen LogP contribution < -0.4 is 10.6 Å². The summed E-state index contributed by atoms with van der Waals surface area (Å²) in [5, 5.41) is 6.82. The number of nitrogens with one attached hydrogen (secondary N) is 2. The molecule has 0 aliphatic carbocycles. The molecule has 6 heteroatoms. The van der Waals surface area contributed by atoms with Crippen LogP contribution in [0.3, 0.4) is 0 Å². The number of amides is 2. The molecular formula is C29H31N3O3. The van der Waals surface area contributed by atoms with E-state index in [1.54, 1.807) is 7.11 Å². The van der Waals surface area contributed by atoms with Gasteiger partial charge in [-0.1, -0.05) is 60.2 Å². The van der Waals surface area contributed by atoms with Gasteiger partial charge >= 0.3 is 0 Å². The Hall–Kier alpha value is -3.90. The third-order valence-electron chi connectivity index (χ3n) is 5.92. The minimum absolute atomic E-state index is 0.0371. The van der Waals surface area contributed by atoms with Gasteiger partial charge in [0.2, 0.25) is 5.91 Å². The van der Waals surface area contributed by atoms with Gasteiger partial charge in [-0.3, -0.25) is 9.59 Å². The highest BCUT2D eigenvalue weighted by Gasteiger charge is 2.17. The second-order valence-corrected chi connectivity index (χ2v) is 8.66. The monoisotopic (exact) mass is 469 g/mol. The largest absolute Gasteiger partial charge is 0.383 e. The zero-order valence-corrected chi connectivity index (χ0v) is 20.2. The van der Waals surface area contributed by atoms with E-state index in [1.165, 1.54) is 5.56 Å². The number of benzene rings is 3. The minimum Gasteiger partial charge on any atom is -0.383 e. The topological polar surface area (TPSA) is 72.4 Å². The van der Waals surface area contributed by atoms with Gasteiger partial charge in [0.05, 0.1) is 6.61 Å². The van der Waals surface area contributed by atoms with Gasteiger partial charge in [0.1, 0.15) is 5.69 Å². The van der Waals surface area contributed by atoms with E-state index >= 15 is 0 Å². The summed E-state index contributed by atoms with van der Waals surface area (Å²) in [4.78, 5) is 25.5. The van der Waals surface area contributed by atoms with E-state index in [-0.39, 0.29) is 11.8 Å². The van der Waals surface area contributed by atoms with Crippen molar-refractivity contribution in [2.45, 2.75) is 26.3 Å². The Labute approximate surface area is 205 Å². The summed E-state index contributed by atoms with van der Waals surface area (Å²) in [5.41, 5.74) is 5.65.